The Balaban J connectivity index is 1.39. The summed E-state index contributed by atoms with van der Waals surface area (Å²) in [4.78, 5) is 14.8. The number of methoxy groups -OCH3 is 1. The van der Waals surface area contributed by atoms with Gasteiger partial charge in [-0.2, -0.15) is 5.10 Å². The minimum Gasteiger partial charge on any atom is -0.497 e. The van der Waals surface area contributed by atoms with Crippen molar-refractivity contribution in [2.75, 3.05) is 25.1 Å². The summed E-state index contributed by atoms with van der Waals surface area (Å²) in [6.07, 6.45) is 0.847. The van der Waals surface area contributed by atoms with Crippen LogP contribution in [0, 0.1) is 12.7 Å². The van der Waals surface area contributed by atoms with E-state index < -0.39 is 0 Å². The first-order valence-electron chi connectivity index (χ1n) is 9.55. The van der Waals surface area contributed by atoms with Gasteiger partial charge in [-0.15, -0.1) is 0 Å². The van der Waals surface area contributed by atoms with Gasteiger partial charge < -0.3 is 15.0 Å². The highest BCUT2D eigenvalue weighted by atomic mass is 19.1. The predicted octanol–water partition coefficient (Wildman–Crippen LogP) is 3.54. The average Bonchev–Trinajstić information content (AvgIpc) is 3.38. The van der Waals surface area contributed by atoms with E-state index in [1.807, 2.05) is 19.1 Å². The number of aryl methyl sites for hydroxylation is 1. The highest BCUT2D eigenvalue weighted by Crippen LogP contribution is 2.25. The molecule has 0 aliphatic carbocycles. The molecule has 1 saturated heterocycles. The van der Waals surface area contributed by atoms with E-state index in [2.05, 4.69) is 20.4 Å². The quantitative estimate of drug-likeness (QED) is 0.694. The lowest BCUT2D eigenvalue weighted by atomic mass is 10.1. The standard InChI is InChI=1S/C22H23FN4O2/c1-14-11-18(29-2)7-8-19(14)22(28)24-17-9-10-27(13-17)21-12-20(25-26-21)15-3-5-16(23)6-4-15/h3-8,11-12,17H,9-10,13H2,1-2H3,(H,24,28)(H,25,26)/t17-/m1/s1. The maximum atomic E-state index is 13.1. The van der Waals surface area contributed by atoms with Gasteiger partial charge in [0.2, 0.25) is 0 Å². The Morgan fingerprint density at radius 3 is 2.76 bits per heavy atom. The number of benzene rings is 2. The van der Waals surface area contributed by atoms with Gasteiger partial charge in [-0.1, -0.05) is 0 Å². The molecule has 6 nitrogen and oxygen atoms in total. The van der Waals surface area contributed by atoms with E-state index in [4.69, 9.17) is 4.74 Å². The first kappa shape index (κ1) is 19.0. The van der Waals surface area contributed by atoms with E-state index in [1.165, 1.54) is 12.1 Å². The molecule has 0 bridgehead atoms. The van der Waals surface area contributed by atoms with Gasteiger partial charge in [0.1, 0.15) is 11.6 Å². The summed E-state index contributed by atoms with van der Waals surface area (Å²) in [5.74, 6) is 1.22. The van der Waals surface area contributed by atoms with E-state index in [0.29, 0.717) is 12.1 Å². The summed E-state index contributed by atoms with van der Waals surface area (Å²) in [7, 11) is 1.61. The molecule has 0 spiro atoms. The minimum atomic E-state index is -0.265. The van der Waals surface area contributed by atoms with Crippen molar-refractivity contribution in [1.29, 1.82) is 0 Å². The van der Waals surface area contributed by atoms with Crippen molar-refractivity contribution in [3.8, 4) is 17.0 Å². The molecule has 1 aliphatic rings. The molecule has 7 heteroatoms. The van der Waals surface area contributed by atoms with E-state index in [1.54, 1.807) is 31.4 Å². The Morgan fingerprint density at radius 2 is 2.03 bits per heavy atom. The topological polar surface area (TPSA) is 70.2 Å². The Kier molecular flexibility index (Phi) is 5.20. The molecule has 2 heterocycles. The number of halogens is 1. The van der Waals surface area contributed by atoms with Crippen LogP contribution in [0.3, 0.4) is 0 Å². The monoisotopic (exact) mass is 394 g/mol. The van der Waals surface area contributed by atoms with Gasteiger partial charge in [0, 0.05) is 30.8 Å². The Labute approximate surface area is 168 Å². The molecule has 29 heavy (non-hydrogen) atoms. The molecule has 3 aromatic rings. The lowest BCUT2D eigenvalue weighted by molar-refractivity contribution is 0.0939. The second kappa shape index (κ2) is 7.95. The molecule has 1 aromatic heterocycles. The van der Waals surface area contributed by atoms with Crippen molar-refractivity contribution in [1.82, 2.24) is 15.5 Å². The van der Waals surface area contributed by atoms with E-state index in [9.17, 15) is 9.18 Å². The zero-order chi connectivity index (χ0) is 20.4. The molecular weight excluding hydrogens is 371 g/mol. The predicted molar refractivity (Wildman–Crippen MR) is 110 cm³/mol. The van der Waals surface area contributed by atoms with Gasteiger partial charge in [-0.3, -0.25) is 9.89 Å². The third kappa shape index (κ3) is 4.08. The highest BCUT2D eigenvalue weighted by Gasteiger charge is 2.26. The molecular formula is C22H23FN4O2. The van der Waals surface area contributed by atoms with E-state index in [0.717, 1.165) is 41.4 Å². The van der Waals surface area contributed by atoms with Crippen LogP contribution < -0.4 is 15.0 Å². The normalized spacial score (nSPS) is 16.1. The third-order valence-electron chi connectivity index (χ3n) is 5.25. The van der Waals surface area contributed by atoms with Gasteiger partial charge in [0.15, 0.2) is 5.82 Å². The lowest BCUT2D eigenvalue weighted by Gasteiger charge is -2.16. The van der Waals surface area contributed by atoms with Crippen molar-refractivity contribution < 1.29 is 13.9 Å². The Hall–Kier alpha value is -3.35. The Morgan fingerprint density at radius 1 is 1.24 bits per heavy atom. The first-order chi connectivity index (χ1) is 14.0. The van der Waals surface area contributed by atoms with E-state index >= 15 is 0 Å². The average molecular weight is 394 g/mol. The molecule has 2 aromatic carbocycles. The summed E-state index contributed by atoms with van der Waals surface area (Å²) in [6, 6.07) is 13.7. The number of ether oxygens (including phenoxy) is 1. The SMILES string of the molecule is COc1ccc(C(=O)N[C@@H]2CCN(c3cc(-c4ccc(F)cc4)[nH]n3)C2)c(C)c1. The van der Waals surface area contributed by atoms with Crippen molar-refractivity contribution in [2.24, 2.45) is 0 Å². The van der Waals surface area contributed by atoms with E-state index in [-0.39, 0.29) is 17.8 Å². The zero-order valence-corrected chi connectivity index (χ0v) is 16.4. The van der Waals surface area contributed by atoms with Crippen LogP contribution in [-0.4, -0.2) is 42.3 Å². The lowest BCUT2D eigenvalue weighted by Crippen LogP contribution is -2.37. The molecule has 0 radical (unpaired) electrons. The molecule has 1 atom stereocenters. The van der Waals surface area contributed by atoms with Crippen LogP contribution in [0.1, 0.15) is 22.3 Å². The number of carbonyl (C=O) groups is 1. The number of rotatable bonds is 5. The molecule has 4 rings (SSSR count). The van der Waals surface area contributed by atoms with Gasteiger partial charge >= 0.3 is 0 Å². The number of nitrogens with one attached hydrogen (secondary N) is 2. The maximum absolute atomic E-state index is 13.1. The zero-order valence-electron chi connectivity index (χ0n) is 16.4. The van der Waals surface area contributed by atoms with Crippen LogP contribution >= 0.6 is 0 Å². The highest BCUT2D eigenvalue weighted by molar-refractivity contribution is 5.96. The molecule has 1 aliphatic heterocycles. The second-order valence-electron chi connectivity index (χ2n) is 7.23. The summed E-state index contributed by atoms with van der Waals surface area (Å²) in [6.45, 7) is 3.40. The van der Waals surface area contributed by atoms with Crippen LogP contribution in [0.2, 0.25) is 0 Å². The number of carbonyl (C=O) groups excluding carboxylic acids is 1. The van der Waals surface area contributed by atoms with Gasteiger partial charge in [-0.25, -0.2) is 4.39 Å². The molecule has 2 N–H and O–H groups in total. The summed E-state index contributed by atoms with van der Waals surface area (Å²) in [5, 5.41) is 10.5. The number of amides is 1. The first-order valence-corrected chi connectivity index (χ1v) is 9.55. The van der Waals surface area contributed by atoms with Gasteiger partial charge in [-0.05, 0) is 66.9 Å². The van der Waals surface area contributed by atoms with Crippen LogP contribution in [0.4, 0.5) is 10.2 Å². The molecule has 150 valence electrons. The second-order valence-corrected chi connectivity index (χ2v) is 7.23. The van der Waals surface area contributed by atoms with Gasteiger partial charge in [0.05, 0.1) is 12.8 Å². The largest absolute Gasteiger partial charge is 0.497 e. The molecule has 1 amide bonds. The minimum absolute atomic E-state index is 0.0509. The number of H-pyrrole nitrogens is 1. The molecule has 1 fully saturated rings. The number of hydrogen-bond acceptors (Lipinski definition) is 4. The summed E-state index contributed by atoms with van der Waals surface area (Å²) in [5.41, 5.74) is 3.25. The number of aromatic nitrogens is 2. The van der Waals surface area contributed by atoms with Crippen molar-refractivity contribution >= 4 is 11.7 Å². The van der Waals surface area contributed by atoms with Crippen molar-refractivity contribution in [3.63, 3.8) is 0 Å². The third-order valence-corrected chi connectivity index (χ3v) is 5.25. The summed E-state index contributed by atoms with van der Waals surface area (Å²) >= 11 is 0. The fraction of sp³-hybridized carbons (Fsp3) is 0.273. The molecule has 0 saturated carbocycles. The summed E-state index contributed by atoms with van der Waals surface area (Å²) < 4.78 is 18.3. The number of nitrogens with zero attached hydrogens (tertiary/aromatic N) is 2. The Bertz CT molecular complexity index is 1020. The number of anilines is 1. The number of hydrogen-bond donors (Lipinski definition) is 2. The van der Waals surface area contributed by atoms with Crippen LogP contribution in [0.15, 0.2) is 48.5 Å². The smallest absolute Gasteiger partial charge is 0.251 e. The fourth-order valence-electron chi connectivity index (χ4n) is 3.62. The van der Waals surface area contributed by atoms with Crippen molar-refractivity contribution in [2.45, 2.75) is 19.4 Å². The number of aromatic amines is 1. The molecule has 0 unspecified atom stereocenters. The van der Waals surface area contributed by atoms with Gasteiger partial charge in [0.25, 0.3) is 5.91 Å². The maximum Gasteiger partial charge on any atom is 0.251 e. The fourth-order valence-corrected chi connectivity index (χ4v) is 3.62. The van der Waals surface area contributed by atoms with Crippen molar-refractivity contribution in [3.05, 3.63) is 65.5 Å². The van der Waals surface area contributed by atoms with Crippen LogP contribution in [-0.2, 0) is 0 Å². The van der Waals surface area contributed by atoms with Crippen LogP contribution in [0.25, 0.3) is 11.3 Å². The van der Waals surface area contributed by atoms with Crippen LogP contribution in [0.5, 0.6) is 5.75 Å².